The van der Waals surface area contributed by atoms with E-state index in [2.05, 4.69) is 4.74 Å². The second-order valence-corrected chi connectivity index (χ2v) is 2.67. The average Bonchev–Trinajstić information content (AvgIpc) is 2.08. The molecule has 0 saturated carbocycles. The van der Waals surface area contributed by atoms with E-state index in [0.717, 1.165) is 0 Å². The highest BCUT2D eigenvalue weighted by Gasteiger charge is 2.43. The SMILES string of the molecule is OC[C@@H]1O[C@H](O)[C@H](O)[C@H](F)[C@@H]1O. The zero-order valence-electron chi connectivity index (χ0n) is 6.17. The van der Waals surface area contributed by atoms with Crippen LogP contribution in [0.25, 0.3) is 0 Å². The van der Waals surface area contributed by atoms with Crippen molar-refractivity contribution in [2.45, 2.75) is 30.8 Å². The summed E-state index contributed by atoms with van der Waals surface area (Å²) in [7, 11) is 0. The molecule has 1 heterocycles. The number of rotatable bonds is 1. The first kappa shape index (κ1) is 9.82. The molecule has 0 radical (unpaired) electrons. The molecule has 1 aliphatic rings. The summed E-state index contributed by atoms with van der Waals surface area (Å²) >= 11 is 0. The van der Waals surface area contributed by atoms with Crippen LogP contribution in [0.3, 0.4) is 0 Å². The van der Waals surface area contributed by atoms with E-state index >= 15 is 0 Å². The fourth-order valence-electron chi connectivity index (χ4n) is 1.06. The highest BCUT2D eigenvalue weighted by Crippen LogP contribution is 2.21. The summed E-state index contributed by atoms with van der Waals surface area (Å²) in [6, 6.07) is 0. The van der Waals surface area contributed by atoms with E-state index in [1.165, 1.54) is 0 Å². The Labute approximate surface area is 68.0 Å². The van der Waals surface area contributed by atoms with Crippen molar-refractivity contribution in [2.24, 2.45) is 0 Å². The number of hydrogen-bond acceptors (Lipinski definition) is 5. The molecule has 0 aliphatic carbocycles. The molecule has 1 saturated heterocycles. The van der Waals surface area contributed by atoms with Crippen molar-refractivity contribution < 1.29 is 29.6 Å². The summed E-state index contributed by atoms with van der Waals surface area (Å²) in [6.45, 7) is -0.606. The van der Waals surface area contributed by atoms with Gasteiger partial charge in [-0.1, -0.05) is 0 Å². The molecule has 0 aromatic carbocycles. The van der Waals surface area contributed by atoms with Crippen molar-refractivity contribution in [3.63, 3.8) is 0 Å². The van der Waals surface area contributed by atoms with Gasteiger partial charge < -0.3 is 25.2 Å². The smallest absolute Gasteiger partial charge is 0.184 e. The Hall–Kier alpha value is -0.270. The maximum atomic E-state index is 12.8. The molecular weight excluding hydrogens is 171 g/mol. The number of alkyl halides is 1. The molecule has 1 rings (SSSR count). The molecule has 0 bridgehead atoms. The van der Waals surface area contributed by atoms with Crippen LogP contribution in [0.4, 0.5) is 4.39 Å². The molecule has 0 aromatic heterocycles. The van der Waals surface area contributed by atoms with Gasteiger partial charge in [0, 0.05) is 0 Å². The molecule has 0 aromatic rings. The van der Waals surface area contributed by atoms with Crippen molar-refractivity contribution in [1.82, 2.24) is 0 Å². The van der Waals surface area contributed by atoms with Crippen molar-refractivity contribution in [3.05, 3.63) is 0 Å². The van der Waals surface area contributed by atoms with Crippen molar-refractivity contribution in [1.29, 1.82) is 0 Å². The number of halogens is 1. The van der Waals surface area contributed by atoms with Gasteiger partial charge in [-0.05, 0) is 0 Å². The molecule has 6 heteroatoms. The minimum absolute atomic E-state index is 0.606. The number of aliphatic hydroxyl groups excluding tert-OH is 4. The molecule has 1 aliphatic heterocycles. The zero-order chi connectivity index (χ0) is 9.30. The fourth-order valence-corrected chi connectivity index (χ4v) is 1.06. The van der Waals surface area contributed by atoms with Crippen LogP contribution in [0.2, 0.25) is 0 Å². The van der Waals surface area contributed by atoms with E-state index < -0.39 is 37.4 Å². The van der Waals surface area contributed by atoms with Crippen LogP contribution >= 0.6 is 0 Å². The molecule has 5 nitrogen and oxygen atoms in total. The van der Waals surface area contributed by atoms with Crippen LogP contribution in [0.5, 0.6) is 0 Å². The topological polar surface area (TPSA) is 90.2 Å². The number of ether oxygens (including phenoxy) is 1. The molecule has 0 amide bonds. The number of hydrogen-bond donors (Lipinski definition) is 4. The first-order chi connectivity index (χ1) is 5.57. The van der Waals surface area contributed by atoms with Crippen LogP contribution in [0.1, 0.15) is 0 Å². The molecule has 12 heavy (non-hydrogen) atoms. The predicted octanol–water partition coefficient (Wildman–Crippen LogP) is -2.24. The first-order valence-corrected chi connectivity index (χ1v) is 3.52. The minimum Gasteiger partial charge on any atom is -0.394 e. The second kappa shape index (κ2) is 3.63. The minimum atomic E-state index is -1.99. The van der Waals surface area contributed by atoms with E-state index in [1.54, 1.807) is 0 Å². The largest absolute Gasteiger partial charge is 0.394 e. The van der Waals surface area contributed by atoms with Gasteiger partial charge >= 0.3 is 0 Å². The Bertz CT molecular complexity index is 150. The van der Waals surface area contributed by atoms with E-state index in [1.807, 2.05) is 0 Å². The van der Waals surface area contributed by atoms with E-state index in [9.17, 15) is 4.39 Å². The van der Waals surface area contributed by atoms with Gasteiger partial charge in [-0.15, -0.1) is 0 Å². The molecule has 5 atom stereocenters. The fraction of sp³-hybridized carbons (Fsp3) is 1.00. The van der Waals surface area contributed by atoms with Crippen molar-refractivity contribution >= 4 is 0 Å². The normalized spacial score (nSPS) is 49.2. The van der Waals surface area contributed by atoms with Crippen LogP contribution in [-0.4, -0.2) is 57.8 Å². The third kappa shape index (κ3) is 1.57. The maximum Gasteiger partial charge on any atom is 0.184 e. The maximum absolute atomic E-state index is 12.8. The van der Waals surface area contributed by atoms with Crippen molar-refractivity contribution in [3.8, 4) is 0 Å². The van der Waals surface area contributed by atoms with Crippen molar-refractivity contribution in [2.75, 3.05) is 6.61 Å². The van der Waals surface area contributed by atoms with Crippen LogP contribution in [0.15, 0.2) is 0 Å². The predicted molar refractivity (Wildman–Crippen MR) is 34.9 cm³/mol. The summed E-state index contributed by atoms with van der Waals surface area (Å²) in [5, 5.41) is 35.2. The van der Waals surface area contributed by atoms with E-state index in [-0.39, 0.29) is 0 Å². The Morgan fingerprint density at radius 1 is 1.17 bits per heavy atom. The Balaban J connectivity index is 2.63. The summed E-state index contributed by atoms with van der Waals surface area (Å²) in [5.74, 6) is 0. The zero-order valence-corrected chi connectivity index (χ0v) is 6.17. The third-order valence-electron chi connectivity index (χ3n) is 1.82. The lowest BCUT2D eigenvalue weighted by Crippen LogP contribution is -2.56. The lowest BCUT2D eigenvalue weighted by molar-refractivity contribution is -0.274. The van der Waals surface area contributed by atoms with Gasteiger partial charge in [0.25, 0.3) is 0 Å². The highest BCUT2D eigenvalue weighted by atomic mass is 19.1. The molecule has 4 N–H and O–H groups in total. The molecule has 0 spiro atoms. The van der Waals surface area contributed by atoms with Crippen LogP contribution in [-0.2, 0) is 4.74 Å². The van der Waals surface area contributed by atoms with E-state index in [0.29, 0.717) is 0 Å². The van der Waals surface area contributed by atoms with Gasteiger partial charge in [0.1, 0.15) is 18.3 Å². The molecular formula is C6H11FO5. The third-order valence-corrected chi connectivity index (χ3v) is 1.82. The van der Waals surface area contributed by atoms with E-state index in [4.69, 9.17) is 20.4 Å². The van der Waals surface area contributed by atoms with Crippen LogP contribution in [0, 0.1) is 0 Å². The van der Waals surface area contributed by atoms with Gasteiger partial charge in [0.2, 0.25) is 0 Å². The molecule has 72 valence electrons. The summed E-state index contributed by atoms with van der Waals surface area (Å²) in [4.78, 5) is 0. The average molecular weight is 182 g/mol. The summed E-state index contributed by atoms with van der Waals surface area (Å²) < 4.78 is 17.3. The highest BCUT2D eigenvalue weighted by molar-refractivity contribution is 4.88. The number of aliphatic hydroxyl groups is 4. The summed E-state index contributed by atoms with van der Waals surface area (Å²) in [5.41, 5.74) is 0. The molecule has 0 unspecified atom stereocenters. The second-order valence-electron chi connectivity index (χ2n) is 2.67. The first-order valence-electron chi connectivity index (χ1n) is 3.52. The lowest BCUT2D eigenvalue weighted by Gasteiger charge is -2.36. The Morgan fingerprint density at radius 3 is 2.25 bits per heavy atom. The molecule has 1 fully saturated rings. The van der Waals surface area contributed by atoms with Gasteiger partial charge in [-0.3, -0.25) is 0 Å². The quantitative estimate of drug-likeness (QED) is 0.368. The van der Waals surface area contributed by atoms with Crippen LogP contribution < -0.4 is 0 Å². The Kier molecular flexibility index (Phi) is 2.97. The summed E-state index contributed by atoms with van der Waals surface area (Å²) in [6.07, 6.45) is -8.24. The standard InChI is InChI=1S/C6H11FO5/c7-3-4(9)2(1-8)12-6(11)5(3)10/h2-6,8-11H,1H2/t2-,3+,4+,5+,6-/m0/s1. The van der Waals surface area contributed by atoms with Gasteiger partial charge in [0.15, 0.2) is 12.5 Å². The van der Waals surface area contributed by atoms with Gasteiger partial charge in [0.05, 0.1) is 6.61 Å². The van der Waals surface area contributed by atoms with Gasteiger partial charge in [-0.2, -0.15) is 0 Å². The Morgan fingerprint density at radius 2 is 1.75 bits per heavy atom. The lowest BCUT2D eigenvalue weighted by atomic mass is 10.0. The monoisotopic (exact) mass is 182 g/mol. The van der Waals surface area contributed by atoms with Gasteiger partial charge in [-0.25, -0.2) is 4.39 Å².